The summed E-state index contributed by atoms with van der Waals surface area (Å²) in [5.74, 6) is 8.13. The second-order valence-electron chi connectivity index (χ2n) is 5.23. The zero-order valence-electron chi connectivity index (χ0n) is 13.2. The van der Waals surface area contributed by atoms with Crippen LogP contribution >= 0.6 is 23.1 Å². The number of nitrogens with two attached hydrogens (primary N) is 1. The molecular formula is C17H15N5OS2. The zero-order chi connectivity index (χ0) is 17.1. The van der Waals surface area contributed by atoms with Gasteiger partial charge in [-0.25, -0.2) is 9.66 Å². The van der Waals surface area contributed by atoms with Crippen molar-refractivity contribution in [3.63, 3.8) is 0 Å². The van der Waals surface area contributed by atoms with Crippen molar-refractivity contribution in [2.24, 2.45) is 0 Å². The molecule has 126 valence electrons. The van der Waals surface area contributed by atoms with Crippen molar-refractivity contribution >= 4 is 33.3 Å². The van der Waals surface area contributed by atoms with E-state index in [4.69, 9.17) is 10.6 Å². The van der Waals surface area contributed by atoms with E-state index in [2.05, 4.69) is 21.2 Å². The highest BCUT2D eigenvalue weighted by Crippen LogP contribution is 2.27. The molecule has 2 N–H and O–H groups in total. The van der Waals surface area contributed by atoms with Gasteiger partial charge in [-0.2, -0.15) is 0 Å². The van der Waals surface area contributed by atoms with Gasteiger partial charge in [0.2, 0.25) is 5.16 Å². The van der Waals surface area contributed by atoms with Gasteiger partial charge in [0.15, 0.2) is 5.82 Å². The average molecular weight is 369 g/mol. The Labute approximate surface area is 152 Å². The summed E-state index contributed by atoms with van der Waals surface area (Å²) < 4.78 is 8.32. The molecule has 0 bridgehead atoms. The van der Waals surface area contributed by atoms with Gasteiger partial charge in [-0.1, -0.05) is 42.1 Å². The fourth-order valence-electron chi connectivity index (χ4n) is 2.28. The number of ether oxygens (including phenoxy) is 1. The van der Waals surface area contributed by atoms with E-state index < -0.39 is 0 Å². The van der Waals surface area contributed by atoms with Crippen molar-refractivity contribution in [3.8, 4) is 5.75 Å². The highest BCUT2D eigenvalue weighted by molar-refractivity contribution is 7.98. The maximum Gasteiger partial charge on any atom is 0.210 e. The minimum Gasteiger partial charge on any atom is -0.486 e. The standard InChI is InChI=1S/C17H15N5OS2/c18-22-15(10-23-12-6-2-1-3-7-12)20-21-17(22)24-11-16-19-13-8-4-5-9-14(13)25-16/h1-9H,10-11,18H2. The van der Waals surface area contributed by atoms with Crippen molar-refractivity contribution < 1.29 is 4.74 Å². The maximum atomic E-state index is 6.08. The topological polar surface area (TPSA) is 78.9 Å². The third kappa shape index (κ3) is 3.59. The van der Waals surface area contributed by atoms with E-state index in [1.165, 1.54) is 21.1 Å². The lowest BCUT2D eigenvalue weighted by Crippen LogP contribution is -2.15. The summed E-state index contributed by atoms with van der Waals surface area (Å²) in [6.45, 7) is 0.273. The number of thiazole rings is 1. The SMILES string of the molecule is Nn1c(COc2ccccc2)nnc1SCc1nc2ccccc2s1. The van der Waals surface area contributed by atoms with Crippen LogP contribution in [-0.2, 0) is 12.4 Å². The maximum absolute atomic E-state index is 6.08. The summed E-state index contributed by atoms with van der Waals surface area (Å²) in [6, 6.07) is 17.7. The van der Waals surface area contributed by atoms with Crippen molar-refractivity contribution in [2.75, 3.05) is 5.84 Å². The lowest BCUT2D eigenvalue weighted by Gasteiger charge is -2.05. The molecule has 0 unspecified atom stereocenters. The van der Waals surface area contributed by atoms with Crippen molar-refractivity contribution in [3.05, 3.63) is 65.4 Å². The molecule has 6 nitrogen and oxygen atoms in total. The van der Waals surface area contributed by atoms with E-state index in [1.54, 1.807) is 11.3 Å². The largest absolute Gasteiger partial charge is 0.486 e. The normalized spacial score (nSPS) is 11.0. The Hall–Kier alpha value is -2.58. The molecule has 0 amide bonds. The number of aromatic nitrogens is 4. The highest BCUT2D eigenvalue weighted by Gasteiger charge is 2.12. The smallest absolute Gasteiger partial charge is 0.210 e. The Kier molecular flexibility index (Phi) is 4.53. The molecular weight excluding hydrogens is 354 g/mol. The minimum atomic E-state index is 0.273. The molecule has 0 spiro atoms. The molecule has 0 aliphatic carbocycles. The number of para-hydroxylation sites is 2. The molecule has 0 aliphatic rings. The highest BCUT2D eigenvalue weighted by atomic mass is 32.2. The number of rotatable bonds is 6. The number of hydrogen-bond acceptors (Lipinski definition) is 7. The third-order valence-electron chi connectivity index (χ3n) is 3.51. The van der Waals surface area contributed by atoms with Crippen LogP contribution in [0, 0.1) is 0 Å². The van der Waals surface area contributed by atoms with Crippen LogP contribution < -0.4 is 10.6 Å². The number of fused-ring (bicyclic) bond motifs is 1. The van der Waals surface area contributed by atoms with E-state index in [0.29, 0.717) is 16.7 Å². The summed E-state index contributed by atoms with van der Waals surface area (Å²) >= 11 is 3.20. The second-order valence-corrected chi connectivity index (χ2v) is 7.29. The Morgan fingerprint density at radius 3 is 2.68 bits per heavy atom. The number of nitrogens with zero attached hydrogens (tertiary/aromatic N) is 4. The van der Waals surface area contributed by atoms with Crippen LogP contribution in [0.2, 0.25) is 0 Å². The molecule has 0 saturated carbocycles. The summed E-state index contributed by atoms with van der Waals surface area (Å²) in [4.78, 5) is 4.61. The monoisotopic (exact) mass is 369 g/mol. The van der Waals surface area contributed by atoms with Gasteiger partial charge in [0, 0.05) is 0 Å². The van der Waals surface area contributed by atoms with E-state index in [1.807, 2.05) is 48.5 Å². The Bertz CT molecular complexity index is 950. The van der Waals surface area contributed by atoms with Crippen LogP contribution in [0.15, 0.2) is 59.8 Å². The number of hydrogen-bond donors (Lipinski definition) is 1. The van der Waals surface area contributed by atoms with Gasteiger partial charge < -0.3 is 10.6 Å². The molecule has 8 heteroatoms. The first-order valence-corrected chi connectivity index (χ1v) is 9.44. The van der Waals surface area contributed by atoms with Crippen molar-refractivity contribution in [1.82, 2.24) is 19.9 Å². The van der Waals surface area contributed by atoms with E-state index >= 15 is 0 Å². The van der Waals surface area contributed by atoms with Crippen molar-refractivity contribution in [1.29, 1.82) is 0 Å². The van der Waals surface area contributed by atoms with Crippen LogP contribution in [0.5, 0.6) is 5.75 Å². The van der Waals surface area contributed by atoms with Crippen LogP contribution in [-0.4, -0.2) is 19.9 Å². The fraction of sp³-hybridized carbons (Fsp3) is 0.118. The first kappa shape index (κ1) is 15.9. The average Bonchev–Trinajstić information content (AvgIpc) is 3.22. The van der Waals surface area contributed by atoms with Crippen molar-refractivity contribution in [2.45, 2.75) is 17.5 Å². The molecule has 2 heterocycles. The van der Waals surface area contributed by atoms with Gasteiger partial charge >= 0.3 is 0 Å². The number of nitrogen functional groups attached to an aromatic ring is 1. The van der Waals surface area contributed by atoms with Crippen LogP contribution in [0.4, 0.5) is 0 Å². The summed E-state index contributed by atoms with van der Waals surface area (Å²) in [5, 5.41) is 9.94. The summed E-state index contributed by atoms with van der Waals surface area (Å²) in [6.07, 6.45) is 0. The first-order chi connectivity index (χ1) is 12.3. The number of thioether (sulfide) groups is 1. The molecule has 4 aromatic rings. The molecule has 0 atom stereocenters. The van der Waals surface area contributed by atoms with E-state index in [9.17, 15) is 0 Å². The molecule has 2 aromatic carbocycles. The van der Waals surface area contributed by atoms with E-state index in [-0.39, 0.29) is 6.61 Å². The summed E-state index contributed by atoms with van der Waals surface area (Å²) in [5.41, 5.74) is 1.02. The van der Waals surface area contributed by atoms with Crippen LogP contribution in [0.3, 0.4) is 0 Å². The quantitative estimate of drug-likeness (QED) is 0.414. The Balaban J connectivity index is 1.40. The van der Waals surface area contributed by atoms with Gasteiger partial charge in [-0.15, -0.1) is 21.5 Å². The van der Waals surface area contributed by atoms with E-state index in [0.717, 1.165) is 16.3 Å². The van der Waals surface area contributed by atoms with Crippen LogP contribution in [0.25, 0.3) is 10.2 Å². The minimum absolute atomic E-state index is 0.273. The molecule has 0 fully saturated rings. The molecule has 25 heavy (non-hydrogen) atoms. The molecule has 2 aromatic heterocycles. The molecule has 0 saturated heterocycles. The zero-order valence-corrected chi connectivity index (χ0v) is 14.8. The lowest BCUT2D eigenvalue weighted by atomic mass is 10.3. The van der Waals surface area contributed by atoms with Gasteiger partial charge in [0.25, 0.3) is 0 Å². The lowest BCUT2D eigenvalue weighted by molar-refractivity contribution is 0.291. The molecule has 4 rings (SSSR count). The Morgan fingerprint density at radius 2 is 1.84 bits per heavy atom. The van der Waals surface area contributed by atoms with Gasteiger partial charge in [-0.05, 0) is 24.3 Å². The molecule has 0 radical (unpaired) electrons. The predicted molar refractivity (Wildman–Crippen MR) is 100 cm³/mol. The number of benzene rings is 2. The summed E-state index contributed by atoms with van der Waals surface area (Å²) in [7, 11) is 0. The van der Waals surface area contributed by atoms with Crippen LogP contribution in [0.1, 0.15) is 10.8 Å². The fourth-order valence-corrected chi connectivity index (χ4v) is 4.11. The first-order valence-electron chi connectivity index (χ1n) is 7.64. The third-order valence-corrected chi connectivity index (χ3v) is 5.68. The van der Waals surface area contributed by atoms with Gasteiger partial charge in [0.05, 0.1) is 16.0 Å². The second kappa shape index (κ2) is 7.12. The molecule has 0 aliphatic heterocycles. The van der Waals surface area contributed by atoms with Gasteiger partial charge in [-0.3, -0.25) is 0 Å². The predicted octanol–water partition coefficient (Wildman–Crippen LogP) is 3.47. The van der Waals surface area contributed by atoms with Gasteiger partial charge in [0.1, 0.15) is 17.4 Å². The Morgan fingerprint density at radius 1 is 1.04 bits per heavy atom.